The number of anilines is 1. The summed E-state index contributed by atoms with van der Waals surface area (Å²) in [6.45, 7) is 3.13. The second-order valence-electron chi connectivity index (χ2n) is 15.1. The van der Waals surface area contributed by atoms with Crippen molar-refractivity contribution in [3.8, 4) is 11.5 Å². The number of H-pyrrole nitrogens is 1. The topological polar surface area (TPSA) is 93.8 Å². The smallest absolute Gasteiger partial charge is 0.214 e. The van der Waals surface area contributed by atoms with Gasteiger partial charge in [-0.3, -0.25) is 4.68 Å². The number of nitrogen functional groups attached to an aromatic ring is 1. The van der Waals surface area contributed by atoms with Crippen LogP contribution < -0.4 is 25.1 Å². The van der Waals surface area contributed by atoms with E-state index in [1.807, 2.05) is 16.8 Å². The Morgan fingerprint density at radius 3 is 2.63 bits per heavy atom. The molecule has 0 saturated carbocycles. The van der Waals surface area contributed by atoms with Crippen LogP contribution in [0.3, 0.4) is 0 Å². The highest BCUT2D eigenvalue weighted by atomic mass is 35.5. The Kier molecular flexibility index (Phi) is 10.2. The van der Waals surface area contributed by atoms with Gasteiger partial charge in [0.25, 0.3) is 0 Å². The lowest BCUT2D eigenvalue weighted by Gasteiger charge is -2.35. The van der Waals surface area contributed by atoms with Gasteiger partial charge in [0.1, 0.15) is 6.04 Å². The number of rotatable bonds is 13. The van der Waals surface area contributed by atoms with Crippen molar-refractivity contribution in [2.24, 2.45) is 5.92 Å². The van der Waals surface area contributed by atoms with Crippen molar-refractivity contribution in [2.45, 2.75) is 82.7 Å². The normalized spacial score (nSPS) is 20.6. The number of unbranched alkanes of at least 4 members (excludes halogenated alkanes) is 2. The van der Waals surface area contributed by atoms with E-state index in [4.69, 9.17) is 26.8 Å². The largest absolute Gasteiger partial charge is 0.493 e. The summed E-state index contributed by atoms with van der Waals surface area (Å²) < 4.78 is 13.4. The summed E-state index contributed by atoms with van der Waals surface area (Å²) in [6.07, 6.45) is 15.7. The molecule has 8 rings (SSSR count). The first-order valence-electron chi connectivity index (χ1n) is 19.1. The second kappa shape index (κ2) is 15.3. The molecule has 0 fully saturated rings. The van der Waals surface area contributed by atoms with Crippen LogP contribution in [-0.2, 0) is 25.8 Å². The van der Waals surface area contributed by atoms with Gasteiger partial charge in [0.2, 0.25) is 5.52 Å². The number of aryl methyl sites for hydroxylation is 2. The Labute approximate surface area is 312 Å². The van der Waals surface area contributed by atoms with Gasteiger partial charge in [-0.2, -0.15) is 0 Å². The van der Waals surface area contributed by atoms with Crippen LogP contribution in [0.4, 0.5) is 5.69 Å². The summed E-state index contributed by atoms with van der Waals surface area (Å²) in [7, 11) is 3.44. The molecular formula is C43H51ClN6O2+2. The molecule has 4 unspecified atom stereocenters. The van der Waals surface area contributed by atoms with Crippen molar-refractivity contribution in [1.29, 1.82) is 0 Å². The van der Waals surface area contributed by atoms with Crippen LogP contribution in [0.15, 0.2) is 78.5 Å². The van der Waals surface area contributed by atoms with Crippen molar-refractivity contribution in [1.82, 2.24) is 15.0 Å². The van der Waals surface area contributed by atoms with E-state index in [0.717, 1.165) is 116 Å². The number of nitrogens with two attached hydrogens (primary N) is 1. The molecule has 0 spiro atoms. The lowest BCUT2D eigenvalue weighted by Crippen LogP contribution is -3.13. The molecule has 3 aromatic carbocycles. The molecule has 3 heterocycles. The molecule has 5 aromatic rings. The lowest BCUT2D eigenvalue weighted by molar-refractivity contribution is -0.928. The van der Waals surface area contributed by atoms with Gasteiger partial charge in [-0.1, -0.05) is 58.8 Å². The third-order valence-electron chi connectivity index (χ3n) is 11.7. The second-order valence-corrected chi connectivity index (χ2v) is 15.5. The van der Waals surface area contributed by atoms with Crippen molar-refractivity contribution in [2.75, 3.05) is 33.0 Å². The number of nitrogens with one attached hydrogen (secondary N) is 2. The standard InChI is InChI=1S/C43H49ClN6O2/c1-51-39-24-31-16-19-49(43(30-11-4-3-5-12-30)36(31)26-40(39)52-2)17-8-7-13-34-27-50(48-47-34)18-9-6-10-28-20-29-22-32(21-28)41-38(23-29)46-37-25-33(44)14-15-35(37)42(41)45/h3-5,11-12,14-15,20,24-27,29,32,43H,6-10,13,16-19,21-23H2,1-2H3,(H2,45,46)/p+2. The van der Waals surface area contributed by atoms with Crippen LogP contribution in [0.25, 0.3) is 10.9 Å². The number of hydrogen-bond acceptors (Lipinski definition) is 5. The summed E-state index contributed by atoms with van der Waals surface area (Å²) in [4.78, 5) is 5.28. The lowest BCUT2D eigenvalue weighted by atomic mass is 9.70. The monoisotopic (exact) mass is 718 g/mol. The number of aromatic nitrogens is 4. The minimum absolute atomic E-state index is 0.280. The third-order valence-corrected chi connectivity index (χ3v) is 12.0. The van der Waals surface area contributed by atoms with Gasteiger partial charge in [0.05, 0.1) is 44.1 Å². The first kappa shape index (κ1) is 34.7. The fourth-order valence-corrected chi connectivity index (χ4v) is 9.49. The minimum atomic E-state index is 0.280. The van der Waals surface area contributed by atoms with Gasteiger partial charge < -0.3 is 20.1 Å². The maximum absolute atomic E-state index is 6.78. The van der Waals surface area contributed by atoms with E-state index in [0.29, 0.717) is 11.8 Å². The summed E-state index contributed by atoms with van der Waals surface area (Å²) in [5.41, 5.74) is 18.1. The summed E-state index contributed by atoms with van der Waals surface area (Å²) in [5, 5.41) is 10.8. The molecule has 0 saturated heterocycles. The Morgan fingerprint density at radius 2 is 1.79 bits per heavy atom. The number of benzene rings is 3. The molecule has 9 heteroatoms. The van der Waals surface area contributed by atoms with Gasteiger partial charge in [0.15, 0.2) is 17.2 Å². The van der Waals surface area contributed by atoms with Gasteiger partial charge in [-0.15, -0.1) is 5.10 Å². The third kappa shape index (κ3) is 7.15. The Bertz CT molecular complexity index is 2080. The van der Waals surface area contributed by atoms with E-state index in [2.05, 4.69) is 76.1 Å². The van der Waals surface area contributed by atoms with Crippen molar-refractivity contribution in [3.05, 3.63) is 117 Å². The molecular weight excluding hydrogens is 668 g/mol. The average molecular weight is 719 g/mol. The van der Waals surface area contributed by atoms with Crippen LogP contribution in [-0.4, -0.2) is 42.3 Å². The quantitative estimate of drug-likeness (QED) is 0.102. The predicted octanol–water partition coefficient (Wildman–Crippen LogP) is 6.90. The SMILES string of the molecule is COc1cc2c(cc1OC)C(c1ccccc1)[NH+](CCCCc1cn(CCCCC3=CC4Cc5[nH+]c6cc(Cl)ccc6c(N)c5C(C3)C4)nn1)CC2. The van der Waals surface area contributed by atoms with Gasteiger partial charge in [0, 0.05) is 53.4 Å². The predicted molar refractivity (Wildman–Crippen MR) is 206 cm³/mol. The maximum Gasteiger partial charge on any atom is 0.214 e. The first-order valence-corrected chi connectivity index (χ1v) is 19.5. The zero-order valence-electron chi connectivity index (χ0n) is 30.5. The van der Waals surface area contributed by atoms with Crippen LogP contribution in [0.2, 0.25) is 5.02 Å². The number of halogens is 1. The van der Waals surface area contributed by atoms with E-state index in [1.165, 1.54) is 34.4 Å². The number of methoxy groups -OCH3 is 2. The zero-order chi connectivity index (χ0) is 35.6. The van der Waals surface area contributed by atoms with Crippen LogP contribution >= 0.6 is 11.6 Å². The molecule has 4 atom stereocenters. The highest BCUT2D eigenvalue weighted by Gasteiger charge is 2.37. The Balaban J connectivity index is 0.814. The Hall–Kier alpha value is -4.40. The van der Waals surface area contributed by atoms with E-state index in [9.17, 15) is 0 Å². The minimum Gasteiger partial charge on any atom is -0.493 e. The van der Waals surface area contributed by atoms with Crippen molar-refractivity contribution >= 4 is 28.2 Å². The number of hydrogen-bond donors (Lipinski definition) is 2. The number of ether oxygens (including phenoxy) is 2. The van der Waals surface area contributed by atoms with E-state index in [1.54, 1.807) is 24.7 Å². The molecule has 3 aliphatic rings. The van der Waals surface area contributed by atoms with Crippen LogP contribution in [0.5, 0.6) is 11.5 Å². The van der Waals surface area contributed by atoms with E-state index in [-0.39, 0.29) is 6.04 Å². The summed E-state index contributed by atoms with van der Waals surface area (Å²) in [6, 6.07) is 21.6. The fourth-order valence-electron chi connectivity index (χ4n) is 9.32. The van der Waals surface area contributed by atoms with E-state index < -0.39 is 0 Å². The molecule has 52 heavy (non-hydrogen) atoms. The first-order chi connectivity index (χ1) is 25.5. The number of nitrogens with zero attached hydrogens (tertiary/aromatic N) is 3. The van der Waals surface area contributed by atoms with E-state index >= 15 is 0 Å². The number of fused-ring (bicyclic) bond motifs is 6. The molecule has 2 aromatic heterocycles. The van der Waals surface area contributed by atoms with Crippen molar-refractivity contribution in [3.63, 3.8) is 0 Å². The van der Waals surface area contributed by atoms with Gasteiger partial charge in [-0.05, 0) is 93.0 Å². The highest BCUT2D eigenvalue weighted by molar-refractivity contribution is 6.31. The molecule has 1 aliphatic heterocycles. The highest BCUT2D eigenvalue weighted by Crippen LogP contribution is 2.46. The number of quaternary nitrogens is 1. The summed E-state index contributed by atoms with van der Waals surface area (Å²) >= 11 is 6.28. The maximum atomic E-state index is 6.78. The number of aromatic amines is 1. The van der Waals surface area contributed by atoms with Crippen LogP contribution in [0.1, 0.15) is 90.5 Å². The Morgan fingerprint density at radius 1 is 0.962 bits per heavy atom. The molecule has 8 nitrogen and oxygen atoms in total. The zero-order valence-corrected chi connectivity index (χ0v) is 31.2. The number of pyridine rings is 1. The molecule has 4 N–H and O–H groups in total. The number of allylic oxidation sites excluding steroid dienone is 2. The fraction of sp³-hybridized carbons (Fsp3) is 0.419. The van der Waals surface area contributed by atoms with Gasteiger partial charge >= 0.3 is 0 Å². The van der Waals surface area contributed by atoms with Crippen molar-refractivity contribution < 1.29 is 19.4 Å². The molecule has 2 aliphatic carbocycles. The average Bonchev–Trinajstić information content (AvgIpc) is 3.61. The molecule has 0 amide bonds. The molecule has 2 bridgehead atoms. The van der Waals surface area contributed by atoms with Crippen LogP contribution in [0, 0.1) is 5.92 Å². The molecule has 270 valence electrons. The van der Waals surface area contributed by atoms with Gasteiger partial charge in [-0.25, -0.2) is 4.98 Å². The summed E-state index contributed by atoms with van der Waals surface area (Å²) in [5.74, 6) is 2.68. The molecule has 0 radical (unpaired) electrons.